The number of rotatable bonds is 3. The average Bonchev–Trinajstić information content (AvgIpc) is 2.35. The highest BCUT2D eigenvalue weighted by Gasteiger charge is 2.27. The average molecular weight is 404 g/mol. The Kier molecular flexibility index (Phi) is 6.76. The highest BCUT2D eigenvalue weighted by atomic mass is 79.9. The lowest BCUT2D eigenvalue weighted by atomic mass is 10.0. The van der Waals surface area contributed by atoms with Gasteiger partial charge in [-0.15, -0.1) is 12.4 Å². The van der Waals surface area contributed by atoms with Crippen molar-refractivity contribution in [2.24, 2.45) is 0 Å². The first kappa shape index (κ1) is 18.2. The molecule has 0 amide bonds. The summed E-state index contributed by atoms with van der Waals surface area (Å²) in [6.45, 7) is 2.91. The number of nitrogens with one attached hydrogen (secondary N) is 2. The number of benzene rings is 1. The molecule has 2 atom stereocenters. The summed E-state index contributed by atoms with van der Waals surface area (Å²) >= 11 is 9.24. The van der Waals surface area contributed by atoms with Crippen LogP contribution in [-0.4, -0.2) is 27.0 Å². The van der Waals surface area contributed by atoms with Crippen LogP contribution in [0.25, 0.3) is 0 Å². The third-order valence-electron chi connectivity index (χ3n) is 3.25. The van der Waals surface area contributed by atoms with Crippen LogP contribution in [0.4, 0.5) is 0 Å². The number of sulfonamides is 1. The van der Waals surface area contributed by atoms with Crippen molar-refractivity contribution in [1.82, 2.24) is 10.0 Å². The molecule has 114 valence electrons. The zero-order chi connectivity index (χ0) is 14.0. The van der Waals surface area contributed by atoms with E-state index in [1.165, 1.54) is 6.07 Å². The SMILES string of the molecule is CC1NCCCC1NS(=O)(=O)c1cc(Br)ccc1Cl.Cl. The van der Waals surface area contributed by atoms with E-state index in [9.17, 15) is 8.42 Å². The third kappa shape index (κ3) is 4.32. The maximum Gasteiger partial charge on any atom is 0.242 e. The molecular formula is C12H17BrCl2N2O2S. The molecule has 8 heteroatoms. The molecule has 0 spiro atoms. The lowest BCUT2D eigenvalue weighted by Crippen LogP contribution is -2.51. The van der Waals surface area contributed by atoms with Crippen LogP contribution in [0.5, 0.6) is 0 Å². The van der Waals surface area contributed by atoms with Crippen LogP contribution in [0.1, 0.15) is 19.8 Å². The predicted molar refractivity (Wildman–Crippen MR) is 87.2 cm³/mol. The van der Waals surface area contributed by atoms with Gasteiger partial charge in [0.1, 0.15) is 4.90 Å². The van der Waals surface area contributed by atoms with Crippen LogP contribution in [-0.2, 0) is 10.0 Å². The molecule has 2 rings (SSSR count). The molecule has 1 aliphatic rings. The van der Waals surface area contributed by atoms with E-state index < -0.39 is 10.0 Å². The van der Waals surface area contributed by atoms with Gasteiger partial charge in [0.05, 0.1) is 5.02 Å². The Morgan fingerprint density at radius 3 is 2.80 bits per heavy atom. The van der Waals surface area contributed by atoms with Gasteiger partial charge in [-0.25, -0.2) is 13.1 Å². The van der Waals surface area contributed by atoms with Gasteiger partial charge < -0.3 is 5.32 Å². The van der Waals surface area contributed by atoms with Crippen LogP contribution in [0.2, 0.25) is 5.02 Å². The number of halogens is 3. The molecule has 1 saturated heterocycles. The lowest BCUT2D eigenvalue weighted by molar-refractivity contribution is 0.349. The normalized spacial score (nSPS) is 23.1. The third-order valence-corrected chi connectivity index (χ3v) is 5.72. The Labute approximate surface area is 139 Å². The molecule has 1 heterocycles. The number of piperidine rings is 1. The van der Waals surface area contributed by atoms with Crippen molar-refractivity contribution >= 4 is 50.0 Å². The fourth-order valence-electron chi connectivity index (χ4n) is 2.15. The van der Waals surface area contributed by atoms with Crippen LogP contribution < -0.4 is 10.0 Å². The second-order valence-corrected chi connectivity index (χ2v) is 7.69. The van der Waals surface area contributed by atoms with E-state index in [0.29, 0.717) is 4.47 Å². The first-order chi connectivity index (χ1) is 8.90. The van der Waals surface area contributed by atoms with Gasteiger partial charge in [-0.2, -0.15) is 0 Å². The summed E-state index contributed by atoms with van der Waals surface area (Å²) < 4.78 is 28.2. The first-order valence-corrected chi connectivity index (χ1v) is 8.76. The highest BCUT2D eigenvalue weighted by Crippen LogP contribution is 2.26. The molecule has 2 unspecified atom stereocenters. The molecule has 0 aromatic heterocycles. The molecule has 1 aromatic rings. The largest absolute Gasteiger partial charge is 0.313 e. The summed E-state index contributed by atoms with van der Waals surface area (Å²) in [5.41, 5.74) is 0. The van der Waals surface area contributed by atoms with E-state index in [1.54, 1.807) is 12.1 Å². The van der Waals surface area contributed by atoms with Crippen molar-refractivity contribution in [3.8, 4) is 0 Å². The van der Waals surface area contributed by atoms with Gasteiger partial charge in [-0.1, -0.05) is 27.5 Å². The predicted octanol–water partition coefficient (Wildman–Crippen LogP) is 2.94. The van der Waals surface area contributed by atoms with Crippen molar-refractivity contribution in [1.29, 1.82) is 0 Å². The molecule has 0 saturated carbocycles. The lowest BCUT2D eigenvalue weighted by Gasteiger charge is -2.30. The minimum absolute atomic E-state index is 0. The second-order valence-electron chi connectivity index (χ2n) is 4.69. The minimum atomic E-state index is -3.60. The second kappa shape index (κ2) is 7.42. The summed E-state index contributed by atoms with van der Waals surface area (Å²) in [4.78, 5) is 0.112. The summed E-state index contributed by atoms with van der Waals surface area (Å²) in [6, 6.07) is 4.82. The Hall–Kier alpha value is 0.150. The maximum absolute atomic E-state index is 12.4. The van der Waals surface area contributed by atoms with Crippen molar-refractivity contribution in [2.45, 2.75) is 36.7 Å². The monoisotopic (exact) mass is 402 g/mol. The Bertz CT molecular complexity index is 569. The summed E-state index contributed by atoms with van der Waals surface area (Å²) in [7, 11) is -3.60. The quantitative estimate of drug-likeness (QED) is 0.815. The Balaban J connectivity index is 0.00000200. The molecule has 4 nitrogen and oxygen atoms in total. The van der Waals surface area contributed by atoms with Gasteiger partial charge in [-0.05, 0) is 44.5 Å². The van der Waals surface area contributed by atoms with Crippen molar-refractivity contribution < 1.29 is 8.42 Å². The summed E-state index contributed by atoms with van der Waals surface area (Å²) in [5, 5.41) is 3.49. The molecule has 1 fully saturated rings. The van der Waals surface area contributed by atoms with Crippen molar-refractivity contribution in [3.63, 3.8) is 0 Å². The van der Waals surface area contributed by atoms with Gasteiger partial charge in [0.15, 0.2) is 0 Å². The smallest absolute Gasteiger partial charge is 0.242 e. The molecule has 0 radical (unpaired) electrons. The number of hydrogen-bond donors (Lipinski definition) is 2. The zero-order valence-corrected chi connectivity index (χ0v) is 14.9. The molecule has 0 bridgehead atoms. The molecule has 2 N–H and O–H groups in total. The molecule has 1 aliphatic heterocycles. The van der Waals surface area contributed by atoms with E-state index in [1.807, 2.05) is 6.92 Å². The van der Waals surface area contributed by atoms with E-state index in [2.05, 4.69) is 26.0 Å². The van der Waals surface area contributed by atoms with Gasteiger partial charge in [0, 0.05) is 16.6 Å². The first-order valence-electron chi connectivity index (χ1n) is 6.11. The van der Waals surface area contributed by atoms with Crippen molar-refractivity contribution in [2.75, 3.05) is 6.54 Å². The highest BCUT2D eigenvalue weighted by molar-refractivity contribution is 9.10. The van der Waals surface area contributed by atoms with Gasteiger partial charge in [0.25, 0.3) is 0 Å². The molecule has 1 aromatic carbocycles. The fraction of sp³-hybridized carbons (Fsp3) is 0.500. The fourth-order valence-corrected chi connectivity index (χ4v) is 4.54. The van der Waals surface area contributed by atoms with Crippen molar-refractivity contribution in [3.05, 3.63) is 27.7 Å². The van der Waals surface area contributed by atoms with Crippen LogP contribution >= 0.6 is 39.9 Å². The van der Waals surface area contributed by atoms with E-state index in [0.717, 1.165) is 19.4 Å². The topological polar surface area (TPSA) is 58.2 Å². The van der Waals surface area contributed by atoms with E-state index >= 15 is 0 Å². The van der Waals surface area contributed by atoms with Gasteiger partial charge in [0.2, 0.25) is 10.0 Å². The van der Waals surface area contributed by atoms with Crippen LogP contribution in [0.15, 0.2) is 27.6 Å². The Morgan fingerprint density at radius 2 is 2.15 bits per heavy atom. The van der Waals surface area contributed by atoms with E-state index in [4.69, 9.17) is 11.6 Å². The van der Waals surface area contributed by atoms with Gasteiger partial charge >= 0.3 is 0 Å². The Morgan fingerprint density at radius 1 is 1.45 bits per heavy atom. The van der Waals surface area contributed by atoms with E-state index in [-0.39, 0.29) is 34.4 Å². The maximum atomic E-state index is 12.4. The molecule has 20 heavy (non-hydrogen) atoms. The number of hydrogen-bond acceptors (Lipinski definition) is 3. The summed E-state index contributed by atoms with van der Waals surface area (Å²) in [6.07, 6.45) is 1.79. The summed E-state index contributed by atoms with van der Waals surface area (Å²) in [5.74, 6) is 0. The standard InChI is InChI=1S/C12H16BrClN2O2S.ClH/c1-8-11(3-2-6-15-8)16-19(17,18)12-7-9(13)4-5-10(12)14;/h4-5,7-8,11,15-16H,2-3,6H2,1H3;1H. The van der Waals surface area contributed by atoms with Crippen LogP contribution in [0, 0.1) is 0 Å². The van der Waals surface area contributed by atoms with Gasteiger partial charge in [-0.3, -0.25) is 0 Å². The van der Waals surface area contributed by atoms with Crippen LogP contribution in [0.3, 0.4) is 0 Å². The minimum Gasteiger partial charge on any atom is -0.313 e. The molecular weight excluding hydrogens is 387 g/mol. The molecule has 0 aliphatic carbocycles. The zero-order valence-electron chi connectivity index (χ0n) is 10.9.